The molecule has 0 aliphatic rings. The van der Waals surface area contributed by atoms with Crippen molar-refractivity contribution in [3.8, 4) is 6.19 Å². The first kappa shape index (κ1) is 11.2. The molecule has 0 N–H and O–H groups in total. The number of para-hydroxylation sites is 1. The largest absolute Gasteiger partial charge is 0.275 e. The molecule has 0 aromatic heterocycles. The van der Waals surface area contributed by atoms with Gasteiger partial charge in [0.2, 0.25) is 0 Å². The third-order valence-corrected chi connectivity index (χ3v) is 2.78. The number of aryl methyl sites for hydroxylation is 1. The van der Waals surface area contributed by atoms with E-state index >= 15 is 0 Å². The molecule has 0 radical (unpaired) electrons. The highest BCUT2D eigenvalue weighted by molar-refractivity contribution is 5.50. The molecule has 0 saturated heterocycles. The standard InChI is InChI=1S/C15H14N2/c1-13-7-5-6-8-14(13)11-17(12-16)15-9-3-2-4-10-15/h2-10H,11H2,1H3. The van der Waals surface area contributed by atoms with Crippen LogP contribution in [-0.2, 0) is 6.54 Å². The summed E-state index contributed by atoms with van der Waals surface area (Å²) < 4.78 is 0. The lowest BCUT2D eigenvalue weighted by Gasteiger charge is -2.16. The predicted molar refractivity (Wildman–Crippen MR) is 69.4 cm³/mol. The number of nitriles is 1. The lowest BCUT2D eigenvalue weighted by Crippen LogP contribution is -2.16. The van der Waals surface area contributed by atoms with Gasteiger partial charge in [-0.2, -0.15) is 5.26 Å². The summed E-state index contributed by atoms with van der Waals surface area (Å²) >= 11 is 0. The first-order chi connectivity index (χ1) is 8.31. The van der Waals surface area contributed by atoms with E-state index in [1.54, 1.807) is 4.90 Å². The molecule has 0 heterocycles. The summed E-state index contributed by atoms with van der Waals surface area (Å²) in [5.74, 6) is 0. The summed E-state index contributed by atoms with van der Waals surface area (Å²) in [6.45, 7) is 2.68. The average Bonchev–Trinajstić information content (AvgIpc) is 2.39. The summed E-state index contributed by atoms with van der Waals surface area (Å²) in [5.41, 5.74) is 3.32. The number of benzene rings is 2. The van der Waals surface area contributed by atoms with Crippen LogP contribution in [0.25, 0.3) is 0 Å². The maximum atomic E-state index is 9.21. The minimum Gasteiger partial charge on any atom is -0.275 e. The molecule has 0 saturated carbocycles. The zero-order chi connectivity index (χ0) is 12.1. The predicted octanol–water partition coefficient (Wildman–Crippen LogP) is 3.48. The molecule has 0 aliphatic carbocycles. The molecule has 0 aliphatic heterocycles. The second-order valence-corrected chi connectivity index (χ2v) is 3.95. The smallest absolute Gasteiger partial charge is 0.184 e. The van der Waals surface area contributed by atoms with Crippen LogP contribution in [0.5, 0.6) is 0 Å². The molecule has 2 aromatic rings. The van der Waals surface area contributed by atoms with E-state index in [0.29, 0.717) is 6.54 Å². The van der Waals surface area contributed by atoms with Crippen molar-refractivity contribution in [2.75, 3.05) is 4.90 Å². The van der Waals surface area contributed by atoms with Crippen LogP contribution in [0.3, 0.4) is 0 Å². The average molecular weight is 222 g/mol. The fourth-order valence-electron chi connectivity index (χ4n) is 1.75. The Hall–Kier alpha value is -2.27. The first-order valence-corrected chi connectivity index (χ1v) is 5.58. The quantitative estimate of drug-likeness (QED) is 0.587. The summed E-state index contributed by atoms with van der Waals surface area (Å²) in [4.78, 5) is 1.70. The van der Waals surface area contributed by atoms with Gasteiger partial charge in [-0.3, -0.25) is 4.90 Å². The minimum atomic E-state index is 0.618. The van der Waals surface area contributed by atoms with Crippen molar-refractivity contribution in [3.63, 3.8) is 0 Å². The van der Waals surface area contributed by atoms with Gasteiger partial charge in [0.25, 0.3) is 0 Å². The van der Waals surface area contributed by atoms with Gasteiger partial charge >= 0.3 is 0 Å². The molecule has 2 aromatic carbocycles. The van der Waals surface area contributed by atoms with E-state index in [1.165, 1.54) is 11.1 Å². The highest BCUT2D eigenvalue weighted by atomic mass is 15.1. The molecule has 0 bridgehead atoms. The normalized spacial score (nSPS) is 9.65. The number of anilines is 1. The van der Waals surface area contributed by atoms with Crippen molar-refractivity contribution >= 4 is 5.69 Å². The van der Waals surface area contributed by atoms with Crippen LogP contribution in [0.1, 0.15) is 11.1 Å². The topological polar surface area (TPSA) is 27.0 Å². The van der Waals surface area contributed by atoms with Gasteiger partial charge in [0.15, 0.2) is 6.19 Å². The van der Waals surface area contributed by atoms with Crippen molar-refractivity contribution < 1.29 is 0 Å². The van der Waals surface area contributed by atoms with Crippen LogP contribution in [-0.4, -0.2) is 0 Å². The van der Waals surface area contributed by atoms with E-state index in [-0.39, 0.29) is 0 Å². The van der Waals surface area contributed by atoms with Crippen LogP contribution >= 0.6 is 0 Å². The van der Waals surface area contributed by atoms with Gasteiger partial charge < -0.3 is 0 Å². The lowest BCUT2D eigenvalue weighted by molar-refractivity contribution is 0.966. The van der Waals surface area contributed by atoms with E-state index in [4.69, 9.17) is 0 Å². The van der Waals surface area contributed by atoms with Crippen LogP contribution in [0.15, 0.2) is 54.6 Å². The third kappa shape index (κ3) is 2.64. The number of hydrogen-bond acceptors (Lipinski definition) is 2. The molecule has 2 heteroatoms. The maximum absolute atomic E-state index is 9.21. The molecule has 0 fully saturated rings. The molecule has 2 nitrogen and oxygen atoms in total. The Bertz CT molecular complexity index is 526. The molecule has 17 heavy (non-hydrogen) atoms. The maximum Gasteiger partial charge on any atom is 0.184 e. The highest BCUT2D eigenvalue weighted by Gasteiger charge is 2.06. The van der Waals surface area contributed by atoms with Crippen molar-refractivity contribution in [1.29, 1.82) is 5.26 Å². The Kier molecular flexibility index (Phi) is 3.42. The van der Waals surface area contributed by atoms with Crippen molar-refractivity contribution in [1.82, 2.24) is 0 Å². The van der Waals surface area contributed by atoms with Crippen molar-refractivity contribution in [2.24, 2.45) is 0 Å². The molecule has 0 atom stereocenters. The zero-order valence-corrected chi connectivity index (χ0v) is 9.80. The Labute approximate surface area is 102 Å². The monoisotopic (exact) mass is 222 g/mol. The fraction of sp³-hybridized carbons (Fsp3) is 0.133. The lowest BCUT2D eigenvalue weighted by atomic mass is 10.1. The summed E-state index contributed by atoms with van der Waals surface area (Å²) in [7, 11) is 0. The summed E-state index contributed by atoms with van der Waals surface area (Å²) in [5, 5.41) is 9.21. The molecular formula is C15H14N2. The second kappa shape index (κ2) is 5.18. The molecule has 0 amide bonds. The number of hydrogen-bond donors (Lipinski definition) is 0. The van der Waals surface area contributed by atoms with Gasteiger partial charge in [-0.05, 0) is 30.2 Å². The Morgan fingerprint density at radius 2 is 1.65 bits per heavy atom. The zero-order valence-electron chi connectivity index (χ0n) is 9.80. The molecule has 84 valence electrons. The van der Waals surface area contributed by atoms with E-state index in [9.17, 15) is 5.26 Å². The molecule has 0 unspecified atom stereocenters. The first-order valence-electron chi connectivity index (χ1n) is 5.58. The number of rotatable bonds is 3. The van der Waals surface area contributed by atoms with Crippen molar-refractivity contribution in [2.45, 2.75) is 13.5 Å². The molecular weight excluding hydrogens is 208 g/mol. The van der Waals surface area contributed by atoms with Gasteiger partial charge in [0, 0.05) is 0 Å². The Morgan fingerprint density at radius 3 is 2.29 bits per heavy atom. The molecule has 0 spiro atoms. The van der Waals surface area contributed by atoms with E-state index < -0.39 is 0 Å². The van der Waals surface area contributed by atoms with Crippen LogP contribution < -0.4 is 4.90 Å². The SMILES string of the molecule is Cc1ccccc1CN(C#N)c1ccccc1. The van der Waals surface area contributed by atoms with Gasteiger partial charge in [-0.25, -0.2) is 0 Å². The summed E-state index contributed by atoms with van der Waals surface area (Å²) in [6.07, 6.45) is 2.23. The van der Waals surface area contributed by atoms with E-state index in [0.717, 1.165) is 5.69 Å². The Morgan fingerprint density at radius 1 is 1.00 bits per heavy atom. The Balaban J connectivity index is 2.23. The minimum absolute atomic E-state index is 0.618. The summed E-state index contributed by atoms with van der Waals surface area (Å²) in [6, 6.07) is 17.9. The highest BCUT2D eigenvalue weighted by Crippen LogP contribution is 2.17. The van der Waals surface area contributed by atoms with Gasteiger partial charge in [-0.15, -0.1) is 0 Å². The van der Waals surface area contributed by atoms with Crippen LogP contribution in [0, 0.1) is 18.4 Å². The number of nitrogens with zero attached hydrogens (tertiary/aromatic N) is 2. The van der Waals surface area contributed by atoms with Crippen LogP contribution in [0.2, 0.25) is 0 Å². The van der Waals surface area contributed by atoms with Crippen molar-refractivity contribution in [3.05, 3.63) is 65.7 Å². The second-order valence-electron chi connectivity index (χ2n) is 3.95. The van der Waals surface area contributed by atoms with Gasteiger partial charge in [0.05, 0.1) is 12.2 Å². The van der Waals surface area contributed by atoms with E-state index in [1.807, 2.05) is 42.5 Å². The fourth-order valence-corrected chi connectivity index (χ4v) is 1.75. The van der Waals surface area contributed by atoms with Gasteiger partial charge in [0.1, 0.15) is 0 Å². The van der Waals surface area contributed by atoms with Gasteiger partial charge in [-0.1, -0.05) is 42.5 Å². The van der Waals surface area contributed by atoms with E-state index in [2.05, 4.69) is 25.2 Å². The van der Waals surface area contributed by atoms with Crippen LogP contribution in [0.4, 0.5) is 5.69 Å². The molecule has 2 rings (SSSR count). The third-order valence-electron chi connectivity index (χ3n) is 2.78.